The average molecular weight is 507 g/mol. The number of thiophene rings is 1. The van der Waals surface area contributed by atoms with Crippen LogP contribution in [0.1, 0.15) is 15.9 Å². The molecule has 10 heteroatoms. The fourth-order valence-corrected chi connectivity index (χ4v) is 4.00. The van der Waals surface area contributed by atoms with Crippen LogP contribution in [0.5, 0.6) is 28.7 Å². The van der Waals surface area contributed by atoms with E-state index in [9.17, 15) is 14.7 Å². The van der Waals surface area contributed by atoms with Gasteiger partial charge in [0.25, 0.3) is 0 Å². The van der Waals surface area contributed by atoms with Gasteiger partial charge in [0.1, 0.15) is 18.1 Å². The van der Waals surface area contributed by atoms with Gasteiger partial charge in [-0.3, -0.25) is 4.79 Å². The molecule has 8 nitrogen and oxygen atoms in total. The number of hydrogen-bond donors (Lipinski definition) is 0. The van der Waals surface area contributed by atoms with E-state index in [0.29, 0.717) is 34.1 Å². The molecule has 0 aliphatic carbocycles. The molecule has 1 aromatic heterocycles. The van der Waals surface area contributed by atoms with Gasteiger partial charge in [0.2, 0.25) is 5.75 Å². The second kappa shape index (κ2) is 13.2. The molecule has 178 valence electrons. The molecule has 0 radical (unpaired) electrons. The Morgan fingerprint density at radius 3 is 2.09 bits per heavy atom. The molecule has 0 spiro atoms. The van der Waals surface area contributed by atoms with Crippen LogP contribution in [0.3, 0.4) is 0 Å². The molecule has 0 saturated carbocycles. The number of ketones is 1. The smallest absolute Gasteiger partial charge is 0.546 e. The van der Waals surface area contributed by atoms with Crippen LogP contribution in [0.2, 0.25) is 0 Å². The van der Waals surface area contributed by atoms with E-state index in [1.807, 2.05) is 17.5 Å². The Morgan fingerprint density at radius 1 is 0.914 bits per heavy atom. The summed E-state index contributed by atoms with van der Waals surface area (Å²) in [6, 6.07) is 10.3. The van der Waals surface area contributed by atoms with Gasteiger partial charge >= 0.3 is 29.6 Å². The maximum Gasteiger partial charge on any atom is 1.00 e. The fourth-order valence-electron chi connectivity index (χ4n) is 3.25. The Kier molecular flexibility index (Phi) is 10.7. The molecule has 0 fully saturated rings. The number of carboxylic acids is 1. The normalized spacial score (nSPS) is 10.4. The van der Waals surface area contributed by atoms with Crippen molar-refractivity contribution in [1.29, 1.82) is 0 Å². The molecule has 0 amide bonds. The van der Waals surface area contributed by atoms with Gasteiger partial charge in [0.15, 0.2) is 17.3 Å². The van der Waals surface area contributed by atoms with Crippen LogP contribution in [0, 0.1) is 0 Å². The zero-order valence-corrected chi connectivity index (χ0v) is 22.9. The van der Waals surface area contributed by atoms with Gasteiger partial charge in [-0.05, 0) is 41.8 Å². The Balaban J connectivity index is 0.00000432. The summed E-state index contributed by atoms with van der Waals surface area (Å²) in [5.41, 5.74) is 1.58. The summed E-state index contributed by atoms with van der Waals surface area (Å²) >= 11 is 1.52. The minimum absolute atomic E-state index is 0. The fraction of sp³-hybridized carbons (Fsp3) is 0.200. The van der Waals surface area contributed by atoms with Crippen molar-refractivity contribution < 1.29 is 67.9 Å². The Morgan fingerprint density at radius 2 is 1.57 bits per heavy atom. The zero-order valence-electron chi connectivity index (χ0n) is 20.1. The SMILES string of the molecule is COc1cc(OCC(=O)[O-])c(C=CC(=O)c2cc(OC)c(OC)c(OC)c2)cc1-c1cccs1.[Na+]. The van der Waals surface area contributed by atoms with Crippen molar-refractivity contribution in [2.75, 3.05) is 35.0 Å². The van der Waals surface area contributed by atoms with Crippen molar-refractivity contribution in [2.24, 2.45) is 0 Å². The van der Waals surface area contributed by atoms with E-state index in [2.05, 4.69) is 0 Å². The second-order valence-electron chi connectivity index (χ2n) is 6.84. The van der Waals surface area contributed by atoms with Crippen LogP contribution < -0.4 is 58.3 Å². The van der Waals surface area contributed by atoms with Gasteiger partial charge in [0.05, 0.1) is 34.4 Å². The predicted octanol–water partition coefficient (Wildman–Crippen LogP) is 0.478. The van der Waals surface area contributed by atoms with Crippen molar-refractivity contribution in [3.8, 4) is 39.2 Å². The van der Waals surface area contributed by atoms with E-state index in [-0.39, 0.29) is 41.1 Å². The maximum atomic E-state index is 13.0. The summed E-state index contributed by atoms with van der Waals surface area (Å²) in [6.07, 6.45) is 2.90. The second-order valence-corrected chi connectivity index (χ2v) is 7.79. The standard InChI is InChI=1S/C25H24O8S.Na/c1-29-20-13-19(33-14-24(27)28)15(10-17(20)23-6-5-9-34-23)7-8-18(26)16-11-21(30-2)25(32-4)22(12-16)31-3;/h5-13H,14H2,1-4H3,(H,27,28);/q;+1/p-1. The van der Waals surface area contributed by atoms with Gasteiger partial charge in [-0.25, -0.2) is 0 Å². The minimum Gasteiger partial charge on any atom is -0.546 e. The van der Waals surface area contributed by atoms with Gasteiger partial charge < -0.3 is 33.6 Å². The summed E-state index contributed by atoms with van der Waals surface area (Å²) in [7, 11) is 5.92. The summed E-state index contributed by atoms with van der Waals surface area (Å²) in [4.78, 5) is 24.8. The first-order valence-corrected chi connectivity index (χ1v) is 10.9. The number of carboxylic acid groups (broad SMARTS) is 1. The first kappa shape index (κ1) is 28.3. The molecule has 3 aromatic rings. The van der Waals surface area contributed by atoms with E-state index in [1.165, 1.54) is 45.9 Å². The molecule has 0 aliphatic heterocycles. The predicted molar refractivity (Wildman–Crippen MR) is 126 cm³/mol. The molecular formula is C25H23NaO8S. The molecule has 2 aromatic carbocycles. The number of hydrogen-bond acceptors (Lipinski definition) is 9. The van der Waals surface area contributed by atoms with Crippen LogP contribution in [0.4, 0.5) is 0 Å². The number of allylic oxidation sites excluding steroid dienone is 1. The van der Waals surface area contributed by atoms with Crippen molar-refractivity contribution in [3.05, 3.63) is 59.0 Å². The summed E-state index contributed by atoms with van der Waals surface area (Å²) in [5.74, 6) is 0.101. The summed E-state index contributed by atoms with van der Waals surface area (Å²) < 4.78 is 26.8. The van der Waals surface area contributed by atoms with Gasteiger partial charge in [-0.1, -0.05) is 6.07 Å². The first-order valence-electron chi connectivity index (χ1n) is 10.0. The third-order valence-electron chi connectivity index (χ3n) is 4.83. The van der Waals surface area contributed by atoms with E-state index in [0.717, 1.165) is 10.4 Å². The molecule has 0 saturated heterocycles. The van der Waals surface area contributed by atoms with Crippen molar-refractivity contribution in [3.63, 3.8) is 0 Å². The Hall–Kier alpha value is -2.98. The number of carbonyl (C=O) groups excluding carboxylic acids is 2. The monoisotopic (exact) mass is 506 g/mol. The third kappa shape index (κ3) is 6.79. The van der Waals surface area contributed by atoms with E-state index >= 15 is 0 Å². The molecule has 0 N–H and O–H groups in total. The van der Waals surface area contributed by atoms with E-state index < -0.39 is 12.6 Å². The van der Waals surface area contributed by atoms with Crippen LogP contribution in [0.25, 0.3) is 16.5 Å². The topological polar surface area (TPSA) is 103 Å². The van der Waals surface area contributed by atoms with Crippen molar-refractivity contribution in [1.82, 2.24) is 0 Å². The number of rotatable bonds is 11. The number of ether oxygens (including phenoxy) is 5. The van der Waals surface area contributed by atoms with Crippen LogP contribution in [0.15, 0.2) is 47.9 Å². The summed E-state index contributed by atoms with van der Waals surface area (Å²) in [5, 5.41) is 12.9. The van der Waals surface area contributed by atoms with Crippen molar-refractivity contribution in [2.45, 2.75) is 0 Å². The van der Waals surface area contributed by atoms with Crippen LogP contribution >= 0.6 is 11.3 Å². The van der Waals surface area contributed by atoms with Crippen molar-refractivity contribution >= 4 is 29.2 Å². The summed E-state index contributed by atoms with van der Waals surface area (Å²) in [6.45, 7) is -0.650. The maximum absolute atomic E-state index is 13.0. The molecule has 0 aliphatic rings. The number of carbonyl (C=O) groups is 2. The Labute approximate surface area is 229 Å². The molecular weight excluding hydrogens is 483 g/mol. The minimum atomic E-state index is -1.37. The van der Waals surface area contributed by atoms with Crippen LogP contribution in [-0.2, 0) is 4.79 Å². The van der Waals surface area contributed by atoms with E-state index in [1.54, 1.807) is 30.3 Å². The third-order valence-corrected chi connectivity index (χ3v) is 5.73. The molecule has 1 heterocycles. The van der Waals surface area contributed by atoms with E-state index in [4.69, 9.17) is 23.7 Å². The van der Waals surface area contributed by atoms with Gasteiger partial charge in [-0.15, -0.1) is 11.3 Å². The molecule has 3 rings (SSSR count). The molecule has 0 unspecified atom stereocenters. The zero-order chi connectivity index (χ0) is 24.7. The largest absolute Gasteiger partial charge is 1.00 e. The average Bonchev–Trinajstić information content (AvgIpc) is 3.39. The van der Waals surface area contributed by atoms with Gasteiger partial charge in [-0.2, -0.15) is 0 Å². The van der Waals surface area contributed by atoms with Gasteiger partial charge in [0, 0.05) is 27.6 Å². The first-order chi connectivity index (χ1) is 16.4. The number of benzene rings is 2. The number of methoxy groups -OCH3 is 4. The molecule has 0 bridgehead atoms. The Bertz CT molecular complexity index is 1180. The molecule has 0 atom stereocenters. The quantitative estimate of drug-likeness (QED) is 0.210. The number of aliphatic carboxylic acids is 1. The molecule has 35 heavy (non-hydrogen) atoms. The van der Waals surface area contributed by atoms with Crippen LogP contribution in [-0.4, -0.2) is 46.8 Å².